The van der Waals surface area contributed by atoms with Crippen LogP contribution in [0.25, 0.3) is 0 Å². The minimum absolute atomic E-state index is 0.103. The predicted molar refractivity (Wildman–Crippen MR) is 68.4 cm³/mol. The van der Waals surface area contributed by atoms with Gasteiger partial charge in [-0.3, -0.25) is 9.59 Å². The second-order valence-corrected chi connectivity index (χ2v) is 5.01. The largest absolute Gasteiger partial charge is 0.359 e. The third-order valence-electron chi connectivity index (χ3n) is 3.25. The first kappa shape index (κ1) is 15.9. The molecule has 0 unspecified atom stereocenters. The van der Waals surface area contributed by atoms with E-state index in [0.29, 0.717) is 12.8 Å². The summed E-state index contributed by atoms with van der Waals surface area (Å²) in [7, 11) is 1.58. The van der Waals surface area contributed by atoms with Crippen LogP contribution in [0.1, 0.15) is 40.5 Å². The summed E-state index contributed by atoms with van der Waals surface area (Å²) in [6.45, 7) is 7.61. The predicted octanol–water partition coefficient (Wildman–Crippen LogP) is 0.392. The summed E-state index contributed by atoms with van der Waals surface area (Å²) in [6, 6.07) is 0. The molecule has 5 heteroatoms. The van der Waals surface area contributed by atoms with E-state index in [0.717, 1.165) is 0 Å². The minimum Gasteiger partial charge on any atom is -0.359 e. The molecule has 0 aliphatic carbocycles. The van der Waals surface area contributed by atoms with Gasteiger partial charge in [0.05, 0.1) is 11.0 Å². The number of hydrogen-bond acceptors (Lipinski definition) is 3. The highest BCUT2D eigenvalue weighted by Gasteiger charge is 2.33. The van der Waals surface area contributed by atoms with Gasteiger partial charge >= 0.3 is 0 Å². The molecule has 0 bridgehead atoms. The highest BCUT2D eigenvalue weighted by molar-refractivity contribution is 5.87. The topological polar surface area (TPSA) is 84.2 Å². The summed E-state index contributed by atoms with van der Waals surface area (Å²) < 4.78 is 0. The van der Waals surface area contributed by atoms with Crippen molar-refractivity contribution >= 4 is 11.8 Å². The number of amides is 2. The fourth-order valence-corrected chi connectivity index (χ4v) is 1.47. The van der Waals surface area contributed by atoms with Crippen LogP contribution in [0, 0.1) is 5.41 Å². The highest BCUT2D eigenvalue weighted by atomic mass is 16.2. The van der Waals surface area contributed by atoms with E-state index in [9.17, 15) is 9.59 Å². The first-order valence-corrected chi connectivity index (χ1v) is 6.03. The van der Waals surface area contributed by atoms with Crippen molar-refractivity contribution in [2.45, 2.75) is 46.1 Å². The van der Waals surface area contributed by atoms with Crippen LogP contribution in [0.4, 0.5) is 0 Å². The summed E-state index contributed by atoms with van der Waals surface area (Å²) in [6.07, 6.45) is 1.16. The van der Waals surface area contributed by atoms with Crippen LogP contribution in [0.5, 0.6) is 0 Å². The lowest BCUT2D eigenvalue weighted by Crippen LogP contribution is -2.55. The van der Waals surface area contributed by atoms with Crippen molar-refractivity contribution in [3.05, 3.63) is 0 Å². The van der Waals surface area contributed by atoms with Crippen LogP contribution in [0.15, 0.2) is 0 Å². The van der Waals surface area contributed by atoms with E-state index in [2.05, 4.69) is 10.6 Å². The second kappa shape index (κ2) is 6.00. The molecule has 0 fully saturated rings. The lowest BCUT2D eigenvalue weighted by Gasteiger charge is -2.28. The number of nitrogens with two attached hydrogens (primary N) is 1. The fraction of sp³-hybridized carbons (Fsp3) is 0.833. The summed E-state index contributed by atoms with van der Waals surface area (Å²) >= 11 is 0. The van der Waals surface area contributed by atoms with Crippen LogP contribution < -0.4 is 16.4 Å². The van der Waals surface area contributed by atoms with Gasteiger partial charge in [-0.25, -0.2) is 0 Å². The zero-order chi connectivity index (χ0) is 13.7. The van der Waals surface area contributed by atoms with Gasteiger partial charge in [-0.1, -0.05) is 13.8 Å². The second-order valence-electron chi connectivity index (χ2n) is 5.01. The van der Waals surface area contributed by atoms with Crippen LogP contribution in [0.3, 0.4) is 0 Å². The van der Waals surface area contributed by atoms with Gasteiger partial charge in [0.2, 0.25) is 11.8 Å². The Morgan fingerprint density at radius 2 is 1.59 bits per heavy atom. The number of hydrogen-bond donors (Lipinski definition) is 3. The molecule has 17 heavy (non-hydrogen) atoms. The molecule has 0 rings (SSSR count). The van der Waals surface area contributed by atoms with Crippen molar-refractivity contribution < 1.29 is 9.59 Å². The van der Waals surface area contributed by atoms with Gasteiger partial charge < -0.3 is 16.4 Å². The molecular weight excluding hydrogens is 218 g/mol. The zero-order valence-electron chi connectivity index (χ0n) is 11.5. The molecule has 2 amide bonds. The quantitative estimate of drug-likeness (QED) is 0.631. The van der Waals surface area contributed by atoms with Crippen molar-refractivity contribution in [3.8, 4) is 0 Å². The summed E-state index contributed by atoms with van der Waals surface area (Å²) in [5.41, 5.74) is 4.50. The molecule has 0 aliphatic heterocycles. The van der Waals surface area contributed by atoms with Gasteiger partial charge in [0.1, 0.15) is 0 Å². The van der Waals surface area contributed by atoms with Gasteiger partial charge in [0.15, 0.2) is 0 Å². The van der Waals surface area contributed by atoms with E-state index in [-0.39, 0.29) is 18.4 Å². The van der Waals surface area contributed by atoms with Crippen molar-refractivity contribution in [3.63, 3.8) is 0 Å². The number of carbonyl (C=O) groups is 2. The molecule has 0 aromatic heterocycles. The molecular formula is C12H25N3O2. The van der Waals surface area contributed by atoms with Crippen molar-refractivity contribution in [1.29, 1.82) is 0 Å². The van der Waals surface area contributed by atoms with Crippen LogP contribution in [-0.2, 0) is 9.59 Å². The Hall–Kier alpha value is -1.10. The summed E-state index contributed by atoms with van der Waals surface area (Å²) in [4.78, 5) is 23.5. The van der Waals surface area contributed by atoms with Crippen LogP contribution in [0.2, 0.25) is 0 Å². The first-order chi connectivity index (χ1) is 7.73. The van der Waals surface area contributed by atoms with E-state index in [1.54, 1.807) is 20.9 Å². The van der Waals surface area contributed by atoms with Gasteiger partial charge in [-0.05, 0) is 26.7 Å². The molecule has 0 aromatic carbocycles. The van der Waals surface area contributed by atoms with Crippen LogP contribution >= 0.6 is 0 Å². The number of nitrogens with one attached hydrogen (secondary N) is 2. The lowest BCUT2D eigenvalue weighted by molar-refractivity contribution is -0.130. The average molecular weight is 243 g/mol. The monoisotopic (exact) mass is 243 g/mol. The molecule has 100 valence electrons. The van der Waals surface area contributed by atoms with E-state index in [4.69, 9.17) is 5.73 Å². The molecule has 0 radical (unpaired) electrons. The summed E-state index contributed by atoms with van der Waals surface area (Å²) in [5, 5.41) is 5.33. The molecule has 0 saturated heterocycles. The lowest BCUT2D eigenvalue weighted by atomic mass is 9.90. The van der Waals surface area contributed by atoms with Crippen molar-refractivity contribution in [1.82, 2.24) is 10.6 Å². The Labute approximate surface area is 104 Å². The van der Waals surface area contributed by atoms with E-state index in [1.807, 2.05) is 13.8 Å². The molecule has 0 aromatic rings. The highest BCUT2D eigenvalue weighted by Crippen LogP contribution is 2.15. The summed E-state index contributed by atoms with van der Waals surface area (Å²) in [5.74, 6) is -0.298. The third-order valence-corrected chi connectivity index (χ3v) is 3.25. The normalized spacial score (nSPS) is 12.1. The Kier molecular flexibility index (Phi) is 5.61. The molecule has 0 atom stereocenters. The molecule has 0 spiro atoms. The minimum atomic E-state index is -0.835. The molecule has 0 saturated carbocycles. The van der Waals surface area contributed by atoms with Crippen molar-refractivity contribution in [2.24, 2.45) is 11.1 Å². The Morgan fingerprint density at radius 1 is 1.12 bits per heavy atom. The SMILES string of the molecule is CCC(N)(CC)C(=O)NCC(C)(C)C(=O)NC. The third kappa shape index (κ3) is 4.00. The Bertz CT molecular complexity index is 283. The van der Waals surface area contributed by atoms with E-state index < -0.39 is 11.0 Å². The van der Waals surface area contributed by atoms with Gasteiger partial charge in [0.25, 0.3) is 0 Å². The molecule has 0 aliphatic rings. The standard InChI is InChI=1S/C12H25N3O2/c1-6-12(13,7-2)10(17)15-8-11(3,4)9(16)14-5/h6-8,13H2,1-5H3,(H,14,16)(H,15,17). The first-order valence-electron chi connectivity index (χ1n) is 6.03. The Balaban J connectivity index is 4.48. The maximum absolute atomic E-state index is 11.9. The number of carbonyl (C=O) groups excluding carboxylic acids is 2. The maximum Gasteiger partial charge on any atom is 0.240 e. The molecule has 0 heterocycles. The molecule has 5 nitrogen and oxygen atoms in total. The van der Waals surface area contributed by atoms with E-state index in [1.165, 1.54) is 0 Å². The average Bonchev–Trinajstić information content (AvgIpc) is 2.33. The van der Waals surface area contributed by atoms with E-state index >= 15 is 0 Å². The maximum atomic E-state index is 11.9. The number of rotatable bonds is 6. The Morgan fingerprint density at radius 3 is 1.94 bits per heavy atom. The van der Waals surface area contributed by atoms with Crippen LogP contribution in [-0.4, -0.2) is 30.9 Å². The zero-order valence-corrected chi connectivity index (χ0v) is 11.5. The smallest absolute Gasteiger partial charge is 0.240 e. The van der Waals surface area contributed by atoms with Gasteiger partial charge in [-0.2, -0.15) is 0 Å². The van der Waals surface area contributed by atoms with Crippen molar-refractivity contribution in [2.75, 3.05) is 13.6 Å². The fourth-order valence-electron chi connectivity index (χ4n) is 1.47. The van der Waals surface area contributed by atoms with Gasteiger partial charge in [-0.15, -0.1) is 0 Å². The van der Waals surface area contributed by atoms with Gasteiger partial charge in [0, 0.05) is 13.6 Å². The molecule has 4 N–H and O–H groups in total.